The average Bonchev–Trinajstić information content (AvgIpc) is 3.92. The van der Waals surface area contributed by atoms with Gasteiger partial charge in [0.25, 0.3) is 5.92 Å². The first-order chi connectivity index (χ1) is 33.6. The molecule has 0 fully saturated rings. The Labute approximate surface area is 417 Å². The highest BCUT2D eigenvalue weighted by Crippen LogP contribution is 2.52. The summed E-state index contributed by atoms with van der Waals surface area (Å²) in [6.07, 6.45) is -10.4. The van der Waals surface area contributed by atoms with Gasteiger partial charge < -0.3 is 25.0 Å². The molecule has 3 atom stereocenters. The fourth-order valence-electron chi connectivity index (χ4n) is 7.73. The molecule has 27 heteroatoms. The Morgan fingerprint density at radius 1 is 1.01 bits per heavy atom. The summed E-state index contributed by atoms with van der Waals surface area (Å²) in [6.45, 7) is 0.442. The number of thioether (sulfide) groups is 1. The van der Waals surface area contributed by atoms with E-state index < -0.39 is 130 Å². The number of nitrogens with zero attached hydrogens (tertiary/aromatic N) is 6. The van der Waals surface area contributed by atoms with E-state index in [9.17, 15) is 48.9 Å². The Bertz CT molecular complexity index is 2870. The van der Waals surface area contributed by atoms with E-state index in [2.05, 4.69) is 32.3 Å². The SMILES string of the molecule is CO.CSC(C)(C)C#Cc1ccc(-c2ccc(Cl)c3c(N(C(=O)OCCOCCO)S(C)=O)nn(CC(F)(F)F)c23)c(C(Cc2cc(F)cc(F)c2)NC(=O)Cn2nc(C(F)(F)F)c3c2C(F)(F)C[C@@H]3C)n1. The lowest BCUT2D eigenvalue weighted by Gasteiger charge is -2.23. The molecule has 14 nitrogen and oxygen atoms in total. The normalized spacial score (nSPS) is 15.2. The number of nitrogens with one attached hydrogen (secondary N) is 1. The van der Waals surface area contributed by atoms with Crippen molar-refractivity contribution in [1.82, 2.24) is 29.9 Å². The third-order valence-electron chi connectivity index (χ3n) is 10.7. The van der Waals surface area contributed by atoms with Gasteiger partial charge >= 0.3 is 18.4 Å². The lowest BCUT2D eigenvalue weighted by molar-refractivity contribution is -0.143. The topological polar surface area (TPSA) is 174 Å². The predicted octanol–water partition coefficient (Wildman–Crippen LogP) is 8.85. The summed E-state index contributed by atoms with van der Waals surface area (Å²) in [6, 6.07) is 5.76. The van der Waals surface area contributed by atoms with Gasteiger partial charge in [-0.3, -0.25) is 14.2 Å². The summed E-state index contributed by atoms with van der Waals surface area (Å²) in [5.41, 5.74) is -4.80. The van der Waals surface area contributed by atoms with Crippen LogP contribution in [0.2, 0.25) is 5.02 Å². The molecule has 5 aromatic rings. The van der Waals surface area contributed by atoms with Crippen LogP contribution in [-0.4, -0.2) is 108 Å². The van der Waals surface area contributed by atoms with Crippen molar-refractivity contribution in [2.24, 2.45) is 0 Å². The molecule has 2 amide bonds. The number of aromatic nitrogens is 5. The summed E-state index contributed by atoms with van der Waals surface area (Å²) in [7, 11) is -1.40. The Morgan fingerprint density at radius 3 is 2.26 bits per heavy atom. The lowest BCUT2D eigenvalue weighted by Crippen LogP contribution is -2.35. The van der Waals surface area contributed by atoms with Crippen LogP contribution >= 0.6 is 23.4 Å². The van der Waals surface area contributed by atoms with E-state index in [0.29, 0.717) is 15.1 Å². The Balaban J connectivity index is 0.00000475. The molecule has 72 heavy (non-hydrogen) atoms. The molecule has 2 unspecified atom stereocenters. The summed E-state index contributed by atoms with van der Waals surface area (Å²) >= 11 is 8.03. The van der Waals surface area contributed by atoms with Gasteiger partial charge in [0.05, 0.1) is 52.2 Å². The monoisotopic (exact) mass is 1090 g/mol. The highest BCUT2D eigenvalue weighted by molar-refractivity contribution is 8.00. The molecular weight excluding hydrogens is 1040 g/mol. The van der Waals surface area contributed by atoms with Crippen molar-refractivity contribution >= 4 is 63.1 Å². The number of halogens is 11. The zero-order valence-electron chi connectivity index (χ0n) is 38.9. The number of aliphatic hydroxyl groups is 2. The second-order valence-corrected chi connectivity index (χ2v) is 19.4. The molecular formula is C45H46ClF10N7O7S2. The van der Waals surface area contributed by atoms with Gasteiger partial charge in [-0.25, -0.2) is 22.8 Å². The largest absolute Gasteiger partial charge is 0.446 e. The molecule has 1 aliphatic rings. The Morgan fingerprint density at radius 2 is 1.67 bits per heavy atom. The van der Waals surface area contributed by atoms with Crippen molar-refractivity contribution in [3.8, 4) is 23.0 Å². The fourth-order valence-corrected chi connectivity index (χ4v) is 8.75. The number of carbonyl (C=O) groups is 2. The maximum absolute atomic E-state index is 15.4. The minimum absolute atomic E-state index is 0.0214. The van der Waals surface area contributed by atoms with E-state index >= 15 is 8.78 Å². The predicted molar refractivity (Wildman–Crippen MR) is 248 cm³/mol. The van der Waals surface area contributed by atoms with E-state index in [4.69, 9.17) is 31.3 Å². The van der Waals surface area contributed by atoms with E-state index in [1.165, 1.54) is 36.0 Å². The summed E-state index contributed by atoms with van der Waals surface area (Å²) in [4.78, 5) is 32.3. The zero-order chi connectivity index (χ0) is 53.7. The molecule has 392 valence electrons. The van der Waals surface area contributed by atoms with Crippen LogP contribution in [0.4, 0.5) is 54.5 Å². The highest BCUT2D eigenvalue weighted by atomic mass is 35.5. The van der Waals surface area contributed by atoms with Gasteiger partial charge in [-0.05, 0) is 74.3 Å². The summed E-state index contributed by atoms with van der Waals surface area (Å²) in [5.74, 6) is -3.34. The van der Waals surface area contributed by atoms with Gasteiger partial charge in [-0.2, -0.15) is 49.6 Å². The van der Waals surface area contributed by atoms with E-state index in [1.807, 2.05) is 0 Å². The van der Waals surface area contributed by atoms with Crippen LogP contribution in [0, 0.1) is 23.5 Å². The smallest absolute Gasteiger partial charge is 0.435 e. The summed E-state index contributed by atoms with van der Waals surface area (Å²) in [5, 5.41) is 25.3. The molecule has 0 radical (unpaired) electrons. The number of anilines is 1. The maximum Gasteiger partial charge on any atom is 0.435 e. The zero-order valence-corrected chi connectivity index (χ0v) is 41.3. The Hall–Kier alpha value is -5.46. The molecule has 0 saturated carbocycles. The van der Waals surface area contributed by atoms with Crippen LogP contribution in [0.3, 0.4) is 0 Å². The van der Waals surface area contributed by atoms with Crippen molar-refractivity contribution in [2.45, 2.75) is 81.7 Å². The number of amides is 2. The summed E-state index contributed by atoms with van der Waals surface area (Å²) < 4.78 is 170. The van der Waals surface area contributed by atoms with Gasteiger partial charge in [-0.1, -0.05) is 30.5 Å². The number of aliphatic hydroxyl groups excluding tert-OH is 2. The van der Waals surface area contributed by atoms with E-state index in [1.54, 1.807) is 20.1 Å². The van der Waals surface area contributed by atoms with Crippen LogP contribution in [0.25, 0.3) is 22.0 Å². The van der Waals surface area contributed by atoms with E-state index in [0.717, 1.165) is 32.4 Å². The number of hydrogen-bond acceptors (Lipinski definition) is 11. The molecule has 3 N–H and O–H groups in total. The van der Waals surface area contributed by atoms with Gasteiger partial charge in [0.15, 0.2) is 11.5 Å². The molecule has 0 bridgehead atoms. The second kappa shape index (κ2) is 23.2. The van der Waals surface area contributed by atoms with Crippen molar-refractivity contribution in [3.63, 3.8) is 0 Å². The minimum Gasteiger partial charge on any atom is -0.446 e. The third kappa shape index (κ3) is 13.6. The Kier molecular flexibility index (Phi) is 18.5. The number of carbonyl (C=O) groups excluding carboxylic acids is 2. The van der Waals surface area contributed by atoms with E-state index in [-0.39, 0.29) is 63.0 Å². The van der Waals surface area contributed by atoms with Crippen LogP contribution in [-0.2, 0) is 56.9 Å². The first-order valence-electron chi connectivity index (χ1n) is 21.2. The number of alkyl halides is 8. The average molecular weight is 1090 g/mol. The van der Waals surface area contributed by atoms with Crippen LogP contribution in [0.5, 0.6) is 0 Å². The fraction of sp³-hybridized carbons (Fsp3) is 0.444. The van der Waals surface area contributed by atoms with Gasteiger partial charge in [-0.15, -0.1) is 11.8 Å². The van der Waals surface area contributed by atoms with Crippen LogP contribution in [0.1, 0.15) is 73.1 Å². The molecule has 0 saturated heterocycles. The molecule has 0 spiro atoms. The highest BCUT2D eigenvalue weighted by Gasteiger charge is 2.53. The standard InChI is InChI=1S/C44H42ClF10N7O6S2.CH4O/c1-23-20-42(48,49)38-33(23)37(44(53,54)55)58-60(38)21-32(64)57-31(18-24-16-25(46)19-26(47)17-24)35-28(7-6-27(56-35)10-11-41(2,3)69-4)29-8-9-30(45)34-36(29)61(22-43(50,51)52)59-39(34)62(70(5)66)40(65)68-15-14-67-13-12-63;1-2/h6-9,16-17,19,23,31,63H,12-15,18,20-22H2,1-5H3,(H,57,64);2H,1H3/t23-,31?,70?;/m0./s1. The number of rotatable bonds is 16. The van der Waals surface area contributed by atoms with Gasteiger partial charge in [0.2, 0.25) is 5.91 Å². The molecule has 3 aromatic heterocycles. The quantitative estimate of drug-likeness (QED) is 0.0490. The number of ether oxygens (including phenoxy) is 2. The van der Waals surface area contributed by atoms with Crippen molar-refractivity contribution in [1.29, 1.82) is 0 Å². The van der Waals surface area contributed by atoms with Crippen LogP contribution < -0.4 is 9.62 Å². The van der Waals surface area contributed by atoms with Crippen LogP contribution in [0.15, 0.2) is 42.5 Å². The lowest BCUT2D eigenvalue weighted by atomic mass is 9.93. The third-order valence-corrected chi connectivity index (χ3v) is 12.9. The second-order valence-electron chi connectivity index (χ2n) is 16.4. The van der Waals surface area contributed by atoms with Crippen molar-refractivity contribution < 1.29 is 77.4 Å². The first-order valence-corrected chi connectivity index (χ1v) is 24.4. The molecule has 1 aliphatic carbocycles. The maximum atomic E-state index is 15.4. The molecule has 6 rings (SSSR count). The number of fused-ring (bicyclic) bond motifs is 2. The molecule has 2 aromatic carbocycles. The number of pyridine rings is 1. The van der Waals surface area contributed by atoms with Crippen molar-refractivity contribution in [2.75, 3.05) is 50.4 Å². The molecule has 3 heterocycles. The minimum atomic E-state index is -5.20. The molecule has 0 aliphatic heterocycles. The first kappa shape index (κ1) is 57.4. The number of hydrogen-bond donors (Lipinski definition) is 3. The van der Waals surface area contributed by atoms with Gasteiger partial charge in [0, 0.05) is 42.5 Å². The van der Waals surface area contributed by atoms with Crippen molar-refractivity contribution in [3.05, 3.63) is 93.0 Å². The number of benzene rings is 2. The van der Waals surface area contributed by atoms with Gasteiger partial charge in [0.1, 0.15) is 53.7 Å².